The molecule has 2 rings (SSSR count). The molecule has 1 amide bonds. The lowest BCUT2D eigenvalue weighted by Crippen LogP contribution is -2.55. The van der Waals surface area contributed by atoms with Crippen molar-refractivity contribution in [2.45, 2.75) is 51.8 Å². The molecule has 4 nitrogen and oxygen atoms in total. The number of nitrogens with one attached hydrogen (secondary N) is 2. The molecule has 0 bridgehead atoms. The number of hydrogen-bond acceptors (Lipinski definition) is 3. The van der Waals surface area contributed by atoms with Crippen LogP contribution in [0.3, 0.4) is 0 Å². The summed E-state index contributed by atoms with van der Waals surface area (Å²) in [4.78, 5) is 12.3. The third-order valence-electron chi connectivity index (χ3n) is 4.06. The van der Waals surface area contributed by atoms with Crippen molar-refractivity contribution in [2.24, 2.45) is 0 Å². The molecule has 1 aromatic rings. The molecule has 0 saturated carbocycles. The molecule has 1 unspecified atom stereocenters. The van der Waals surface area contributed by atoms with Crippen molar-refractivity contribution >= 4 is 5.91 Å². The van der Waals surface area contributed by atoms with Crippen molar-refractivity contribution in [3.63, 3.8) is 0 Å². The third kappa shape index (κ3) is 4.05. The summed E-state index contributed by atoms with van der Waals surface area (Å²) in [5.41, 5.74) is 2.44. The van der Waals surface area contributed by atoms with Crippen LogP contribution in [0.15, 0.2) is 24.3 Å². The van der Waals surface area contributed by atoms with Gasteiger partial charge in [-0.1, -0.05) is 38.1 Å². The Bertz CT molecular complexity index is 470. The maximum absolute atomic E-state index is 12.3. The summed E-state index contributed by atoms with van der Waals surface area (Å²) < 4.78 is 5.52. The second-order valence-electron chi connectivity index (χ2n) is 6.06. The lowest BCUT2D eigenvalue weighted by Gasteiger charge is -2.30. The highest BCUT2D eigenvalue weighted by molar-refractivity contribution is 5.82. The average molecular weight is 290 g/mol. The Morgan fingerprint density at radius 2 is 1.86 bits per heavy atom. The maximum atomic E-state index is 12.3. The topological polar surface area (TPSA) is 50.4 Å². The SMILES string of the molecule is CC(C)c1ccc(C(C)NC(=O)[C@H]2NCCO[C@@H]2C)cc1. The normalized spacial score (nSPS) is 23.9. The van der Waals surface area contributed by atoms with Gasteiger partial charge in [0.15, 0.2) is 0 Å². The summed E-state index contributed by atoms with van der Waals surface area (Å²) in [7, 11) is 0. The summed E-state index contributed by atoms with van der Waals surface area (Å²) in [6, 6.07) is 8.18. The molecule has 2 N–H and O–H groups in total. The first-order valence-corrected chi connectivity index (χ1v) is 7.74. The molecule has 21 heavy (non-hydrogen) atoms. The number of ether oxygens (including phenoxy) is 1. The van der Waals surface area contributed by atoms with Crippen LogP contribution < -0.4 is 10.6 Å². The van der Waals surface area contributed by atoms with Gasteiger partial charge in [-0.3, -0.25) is 4.79 Å². The Labute approximate surface area is 127 Å². The maximum Gasteiger partial charge on any atom is 0.240 e. The third-order valence-corrected chi connectivity index (χ3v) is 4.06. The lowest BCUT2D eigenvalue weighted by atomic mass is 9.99. The highest BCUT2D eigenvalue weighted by Crippen LogP contribution is 2.19. The Balaban J connectivity index is 1.96. The van der Waals surface area contributed by atoms with Crippen molar-refractivity contribution in [2.75, 3.05) is 13.2 Å². The van der Waals surface area contributed by atoms with Crippen LogP contribution in [0.1, 0.15) is 50.8 Å². The van der Waals surface area contributed by atoms with E-state index in [0.29, 0.717) is 12.5 Å². The quantitative estimate of drug-likeness (QED) is 0.895. The van der Waals surface area contributed by atoms with E-state index in [-0.39, 0.29) is 24.1 Å². The Morgan fingerprint density at radius 3 is 2.43 bits per heavy atom. The van der Waals surface area contributed by atoms with Crippen LogP contribution >= 0.6 is 0 Å². The molecule has 1 aliphatic rings. The Kier molecular flexibility index (Phi) is 5.37. The molecule has 116 valence electrons. The van der Waals surface area contributed by atoms with Gasteiger partial charge in [0.25, 0.3) is 0 Å². The van der Waals surface area contributed by atoms with Gasteiger partial charge in [-0.05, 0) is 30.9 Å². The molecule has 1 heterocycles. The van der Waals surface area contributed by atoms with E-state index in [1.54, 1.807) is 0 Å². The minimum absolute atomic E-state index is 0.00244. The second kappa shape index (κ2) is 7.05. The number of carbonyl (C=O) groups is 1. The number of benzene rings is 1. The molecule has 1 fully saturated rings. The van der Waals surface area contributed by atoms with Crippen molar-refractivity contribution in [1.82, 2.24) is 10.6 Å². The molecule has 0 aliphatic carbocycles. The van der Waals surface area contributed by atoms with Gasteiger partial charge in [0.2, 0.25) is 5.91 Å². The highest BCUT2D eigenvalue weighted by atomic mass is 16.5. The molecule has 0 aromatic heterocycles. The molecule has 1 saturated heterocycles. The molecule has 0 spiro atoms. The molecule has 4 heteroatoms. The number of hydrogen-bond donors (Lipinski definition) is 2. The van der Waals surface area contributed by atoms with E-state index >= 15 is 0 Å². The van der Waals surface area contributed by atoms with E-state index in [9.17, 15) is 4.79 Å². The monoisotopic (exact) mass is 290 g/mol. The zero-order valence-corrected chi connectivity index (χ0v) is 13.3. The number of rotatable bonds is 4. The summed E-state index contributed by atoms with van der Waals surface area (Å²) >= 11 is 0. The van der Waals surface area contributed by atoms with Crippen LogP contribution in [0.25, 0.3) is 0 Å². The van der Waals surface area contributed by atoms with Gasteiger partial charge >= 0.3 is 0 Å². The van der Waals surface area contributed by atoms with Crippen LogP contribution in [0.4, 0.5) is 0 Å². The number of amides is 1. The van der Waals surface area contributed by atoms with E-state index in [2.05, 4.69) is 48.7 Å². The van der Waals surface area contributed by atoms with Crippen molar-refractivity contribution in [3.05, 3.63) is 35.4 Å². The van der Waals surface area contributed by atoms with Gasteiger partial charge in [-0.25, -0.2) is 0 Å². The summed E-state index contributed by atoms with van der Waals surface area (Å²) in [6.45, 7) is 9.68. The van der Waals surface area contributed by atoms with Crippen LogP contribution in [-0.2, 0) is 9.53 Å². The standard InChI is InChI=1S/C17H26N2O2/c1-11(2)14-5-7-15(8-6-14)12(3)19-17(20)16-13(4)21-10-9-18-16/h5-8,11-13,16,18H,9-10H2,1-4H3,(H,19,20)/t12?,13-,16+/m1/s1. The van der Waals surface area contributed by atoms with E-state index in [1.807, 2.05) is 13.8 Å². The highest BCUT2D eigenvalue weighted by Gasteiger charge is 2.29. The molecule has 1 aliphatic heterocycles. The number of carbonyl (C=O) groups excluding carboxylic acids is 1. The van der Waals surface area contributed by atoms with Crippen LogP contribution in [-0.4, -0.2) is 31.2 Å². The van der Waals surface area contributed by atoms with Crippen LogP contribution in [0.2, 0.25) is 0 Å². The molecular weight excluding hydrogens is 264 g/mol. The van der Waals surface area contributed by atoms with Crippen molar-refractivity contribution < 1.29 is 9.53 Å². The number of morpholine rings is 1. The predicted molar refractivity (Wildman–Crippen MR) is 84.3 cm³/mol. The van der Waals surface area contributed by atoms with Crippen molar-refractivity contribution in [3.8, 4) is 0 Å². The van der Waals surface area contributed by atoms with Gasteiger partial charge in [0.05, 0.1) is 18.8 Å². The summed E-state index contributed by atoms with van der Waals surface area (Å²) in [5, 5.41) is 6.28. The zero-order valence-electron chi connectivity index (χ0n) is 13.3. The fourth-order valence-electron chi connectivity index (χ4n) is 2.58. The molecular formula is C17H26N2O2. The molecule has 3 atom stereocenters. The minimum Gasteiger partial charge on any atom is -0.375 e. The Morgan fingerprint density at radius 1 is 1.24 bits per heavy atom. The average Bonchev–Trinajstić information content (AvgIpc) is 2.47. The van der Waals surface area contributed by atoms with E-state index in [0.717, 1.165) is 12.1 Å². The fourth-order valence-corrected chi connectivity index (χ4v) is 2.58. The first-order valence-electron chi connectivity index (χ1n) is 7.74. The van der Waals surface area contributed by atoms with Gasteiger partial charge in [-0.15, -0.1) is 0 Å². The fraction of sp³-hybridized carbons (Fsp3) is 0.588. The van der Waals surface area contributed by atoms with E-state index < -0.39 is 0 Å². The smallest absolute Gasteiger partial charge is 0.240 e. The van der Waals surface area contributed by atoms with E-state index in [1.165, 1.54) is 5.56 Å². The van der Waals surface area contributed by atoms with Crippen LogP contribution in [0, 0.1) is 0 Å². The predicted octanol–water partition coefficient (Wildman–Crippen LogP) is 2.36. The van der Waals surface area contributed by atoms with Crippen LogP contribution in [0.5, 0.6) is 0 Å². The minimum atomic E-state index is -0.267. The molecule has 0 radical (unpaired) electrons. The first-order chi connectivity index (χ1) is 9.99. The largest absolute Gasteiger partial charge is 0.375 e. The zero-order chi connectivity index (χ0) is 15.4. The summed E-state index contributed by atoms with van der Waals surface area (Å²) in [6.07, 6.45) is -0.0886. The van der Waals surface area contributed by atoms with E-state index in [4.69, 9.17) is 4.74 Å². The molecule has 1 aromatic carbocycles. The van der Waals surface area contributed by atoms with Gasteiger partial charge < -0.3 is 15.4 Å². The van der Waals surface area contributed by atoms with Gasteiger partial charge in [0.1, 0.15) is 6.04 Å². The summed E-state index contributed by atoms with van der Waals surface area (Å²) in [5.74, 6) is 0.524. The van der Waals surface area contributed by atoms with Crippen molar-refractivity contribution in [1.29, 1.82) is 0 Å². The first kappa shape index (κ1) is 16.0. The second-order valence-corrected chi connectivity index (χ2v) is 6.06. The lowest BCUT2D eigenvalue weighted by molar-refractivity contribution is -0.129. The van der Waals surface area contributed by atoms with Gasteiger partial charge in [-0.2, -0.15) is 0 Å². The Hall–Kier alpha value is -1.39. The van der Waals surface area contributed by atoms with Gasteiger partial charge in [0, 0.05) is 6.54 Å².